The van der Waals surface area contributed by atoms with Crippen LogP contribution in [0.5, 0.6) is 0 Å². The monoisotopic (exact) mass is 297 g/mol. The summed E-state index contributed by atoms with van der Waals surface area (Å²) in [7, 11) is 0. The van der Waals surface area contributed by atoms with Crippen LogP contribution >= 0.6 is 12.6 Å². The SMILES string of the molecule is CC(N)C(=O)Nc1ccccc1C(=O)NC(O)CCS. The van der Waals surface area contributed by atoms with E-state index < -0.39 is 18.2 Å². The minimum absolute atomic E-state index is 0.264. The van der Waals surface area contributed by atoms with Crippen molar-refractivity contribution in [3.8, 4) is 0 Å². The highest BCUT2D eigenvalue weighted by Crippen LogP contribution is 2.15. The molecule has 0 saturated carbocycles. The highest BCUT2D eigenvalue weighted by molar-refractivity contribution is 7.80. The van der Waals surface area contributed by atoms with Crippen molar-refractivity contribution in [1.82, 2.24) is 5.32 Å². The third kappa shape index (κ3) is 4.84. The van der Waals surface area contributed by atoms with Crippen LogP contribution in [0.25, 0.3) is 0 Å². The van der Waals surface area contributed by atoms with E-state index in [9.17, 15) is 14.7 Å². The van der Waals surface area contributed by atoms with Crippen molar-refractivity contribution in [3.05, 3.63) is 29.8 Å². The number of aliphatic hydroxyl groups excluding tert-OH is 1. The lowest BCUT2D eigenvalue weighted by Gasteiger charge is -2.15. The molecule has 0 aliphatic rings. The lowest BCUT2D eigenvalue weighted by molar-refractivity contribution is -0.117. The van der Waals surface area contributed by atoms with Gasteiger partial charge in [0.1, 0.15) is 6.23 Å². The van der Waals surface area contributed by atoms with Gasteiger partial charge in [0.2, 0.25) is 5.91 Å². The summed E-state index contributed by atoms with van der Waals surface area (Å²) in [5.74, 6) is -0.411. The van der Waals surface area contributed by atoms with E-state index in [1.54, 1.807) is 31.2 Å². The molecule has 110 valence electrons. The highest BCUT2D eigenvalue weighted by Gasteiger charge is 2.16. The molecule has 0 radical (unpaired) electrons. The average Bonchev–Trinajstić information content (AvgIpc) is 2.39. The van der Waals surface area contributed by atoms with Gasteiger partial charge in [-0.3, -0.25) is 9.59 Å². The number of anilines is 1. The molecule has 0 spiro atoms. The van der Waals surface area contributed by atoms with Crippen LogP contribution in [0, 0.1) is 0 Å². The molecule has 0 aliphatic heterocycles. The van der Waals surface area contributed by atoms with Crippen LogP contribution in [0.2, 0.25) is 0 Å². The number of carbonyl (C=O) groups excluding carboxylic acids is 2. The lowest BCUT2D eigenvalue weighted by Crippen LogP contribution is -2.36. The zero-order chi connectivity index (χ0) is 15.1. The molecule has 5 N–H and O–H groups in total. The Morgan fingerprint density at radius 3 is 2.65 bits per heavy atom. The molecule has 0 aromatic heterocycles. The van der Waals surface area contributed by atoms with E-state index in [4.69, 9.17) is 5.73 Å². The maximum absolute atomic E-state index is 12.0. The van der Waals surface area contributed by atoms with E-state index >= 15 is 0 Å². The molecule has 2 atom stereocenters. The number of nitrogens with one attached hydrogen (secondary N) is 2. The van der Waals surface area contributed by atoms with Gasteiger partial charge in [-0.15, -0.1) is 0 Å². The Morgan fingerprint density at radius 1 is 1.40 bits per heavy atom. The Bertz CT molecular complexity index is 480. The fraction of sp³-hybridized carbons (Fsp3) is 0.385. The molecule has 0 heterocycles. The molecule has 6 nitrogen and oxygen atoms in total. The topological polar surface area (TPSA) is 104 Å². The smallest absolute Gasteiger partial charge is 0.255 e. The van der Waals surface area contributed by atoms with Gasteiger partial charge in [-0.25, -0.2) is 0 Å². The van der Waals surface area contributed by atoms with E-state index in [2.05, 4.69) is 23.3 Å². The van der Waals surface area contributed by atoms with Crippen molar-refractivity contribution in [2.24, 2.45) is 5.73 Å². The molecule has 0 fully saturated rings. The zero-order valence-corrected chi connectivity index (χ0v) is 12.1. The van der Waals surface area contributed by atoms with Crippen molar-refractivity contribution < 1.29 is 14.7 Å². The molecule has 0 bridgehead atoms. The fourth-order valence-corrected chi connectivity index (χ4v) is 1.70. The van der Waals surface area contributed by atoms with E-state index in [1.807, 2.05) is 0 Å². The molecule has 2 unspecified atom stereocenters. The van der Waals surface area contributed by atoms with Crippen molar-refractivity contribution in [2.75, 3.05) is 11.1 Å². The third-order valence-corrected chi connectivity index (χ3v) is 2.80. The third-order valence-electron chi connectivity index (χ3n) is 2.54. The molecule has 1 rings (SSSR count). The Balaban J connectivity index is 2.84. The van der Waals surface area contributed by atoms with Crippen LogP contribution in [0.3, 0.4) is 0 Å². The van der Waals surface area contributed by atoms with Crippen LogP contribution in [0.1, 0.15) is 23.7 Å². The summed E-state index contributed by atoms with van der Waals surface area (Å²) in [5, 5.41) is 14.6. The average molecular weight is 297 g/mol. The normalized spacial score (nSPS) is 13.4. The van der Waals surface area contributed by atoms with Gasteiger partial charge in [0.15, 0.2) is 0 Å². The minimum atomic E-state index is -0.975. The maximum Gasteiger partial charge on any atom is 0.255 e. The molecule has 2 amide bonds. The molecular formula is C13H19N3O3S. The van der Waals surface area contributed by atoms with Gasteiger partial charge in [0.25, 0.3) is 5.91 Å². The Hall–Kier alpha value is -1.57. The number of aliphatic hydroxyl groups is 1. The second-order valence-corrected chi connectivity index (χ2v) is 4.77. The first kappa shape index (κ1) is 16.5. The Kier molecular flexibility index (Phi) is 6.50. The molecule has 1 aromatic rings. The molecule has 7 heteroatoms. The van der Waals surface area contributed by atoms with Gasteiger partial charge in [-0.1, -0.05) is 12.1 Å². The highest BCUT2D eigenvalue weighted by atomic mass is 32.1. The summed E-state index contributed by atoms with van der Waals surface area (Å²) in [4.78, 5) is 23.6. The van der Waals surface area contributed by atoms with Crippen LogP contribution in [-0.2, 0) is 4.79 Å². The summed E-state index contributed by atoms with van der Waals surface area (Å²) >= 11 is 3.98. The molecule has 0 saturated heterocycles. The number of rotatable bonds is 6. The molecule has 1 aromatic carbocycles. The number of benzene rings is 1. The minimum Gasteiger partial charge on any atom is -0.374 e. The van der Waals surface area contributed by atoms with E-state index in [0.29, 0.717) is 17.9 Å². The Labute approximate surface area is 123 Å². The van der Waals surface area contributed by atoms with Crippen LogP contribution < -0.4 is 16.4 Å². The number of hydrogen-bond donors (Lipinski definition) is 5. The first-order valence-corrected chi connectivity index (χ1v) is 6.84. The fourth-order valence-electron chi connectivity index (χ4n) is 1.46. The van der Waals surface area contributed by atoms with Crippen LogP contribution in [-0.4, -0.2) is 34.9 Å². The van der Waals surface area contributed by atoms with Gasteiger partial charge < -0.3 is 21.5 Å². The molecule has 0 aliphatic carbocycles. The van der Waals surface area contributed by atoms with E-state index in [-0.39, 0.29) is 11.5 Å². The van der Waals surface area contributed by atoms with Gasteiger partial charge >= 0.3 is 0 Å². The predicted octanol–water partition coefficient (Wildman–Crippen LogP) is 0.340. The van der Waals surface area contributed by atoms with Crippen LogP contribution in [0.4, 0.5) is 5.69 Å². The van der Waals surface area contributed by atoms with E-state index in [1.165, 1.54) is 0 Å². The first-order valence-electron chi connectivity index (χ1n) is 6.21. The number of nitrogens with two attached hydrogens (primary N) is 1. The molecular weight excluding hydrogens is 278 g/mol. The largest absolute Gasteiger partial charge is 0.374 e. The first-order chi connectivity index (χ1) is 9.45. The van der Waals surface area contributed by atoms with Gasteiger partial charge in [-0.2, -0.15) is 12.6 Å². The number of hydrogen-bond acceptors (Lipinski definition) is 5. The van der Waals surface area contributed by atoms with Gasteiger partial charge in [0, 0.05) is 6.42 Å². The Morgan fingerprint density at radius 2 is 2.05 bits per heavy atom. The summed E-state index contributed by atoms with van der Waals surface area (Å²) in [6.45, 7) is 1.55. The second kappa shape index (κ2) is 7.88. The van der Waals surface area contributed by atoms with Crippen LogP contribution in [0.15, 0.2) is 24.3 Å². The number of para-hydroxylation sites is 1. The second-order valence-electron chi connectivity index (χ2n) is 4.33. The lowest BCUT2D eigenvalue weighted by atomic mass is 10.1. The maximum atomic E-state index is 12.0. The summed E-state index contributed by atoms with van der Waals surface area (Å²) in [6.07, 6.45) is -0.638. The van der Waals surface area contributed by atoms with Gasteiger partial charge in [0.05, 0.1) is 17.3 Å². The van der Waals surface area contributed by atoms with Crippen molar-refractivity contribution in [1.29, 1.82) is 0 Å². The summed E-state index contributed by atoms with van der Waals surface area (Å²) < 4.78 is 0. The number of amides is 2. The predicted molar refractivity (Wildman–Crippen MR) is 80.7 cm³/mol. The van der Waals surface area contributed by atoms with Crippen molar-refractivity contribution in [3.63, 3.8) is 0 Å². The van der Waals surface area contributed by atoms with Gasteiger partial charge in [-0.05, 0) is 24.8 Å². The zero-order valence-electron chi connectivity index (χ0n) is 11.2. The number of carbonyl (C=O) groups is 2. The summed E-state index contributed by atoms with van der Waals surface area (Å²) in [6, 6.07) is 5.83. The number of thiol groups is 1. The van der Waals surface area contributed by atoms with Crippen molar-refractivity contribution in [2.45, 2.75) is 25.6 Å². The standard InChI is InChI=1S/C13H19N3O3S/c1-8(14)12(18)15-10-5-3-2-4-9(10)13(19)16-11(17)6-7-20/h2-5,8,11,17,20H,6-7,14H2,1H3,(H,15,18)(H,16,19). The molecule has 20 heavy (non-hydrogen) atoms. The quantitative estimate of drug-likeness (QED) is 0.386. The van der Waals surface area contributed by atoms with Crippen molar-refractivity contribution >= 4 is 30.1 Å². The summed E-state index contributed by atoms with van der Waals surface area (Å²) in [5.41, 5.74) is 6.08. The van der Waals surface area contributed by atoms with E-state index in [0.717, 1.165) is 0 Å².